The molecule has 2 rings (SSSR count). The number of amides is 2. The van der Waals surface area contributed by atoms with Gasteiger partial charge in [0.05, 0.1) is 4.88 Å². The average molecular weight is 346 g/mol. The van der Waals surface area contributed by atoms with Crippen LogP contribution in [0, 0.1) is 5.92 Å². The zero-order valence-corrected chi connectivity index (χ0v) is 14.4. The van der Waals surface area contributed by atoms with Crippen LogP contribution in [0.5, 0.6) is 0 Å². The van der Waals surface area contributed by atoms with Crippen molar-refractivity contribution in [3.05, 3.63) is 22.4 Å². The minimum atomic E-state index is -0.510. The molecule has 2 unspecified atom stereocenters. The summed E-state index contributed by atoms with van der Waals surface area (Å²) in [5.41, 5.74) is 0. The Labute approximate surface area is 141 Å². The van der Waals surface area contributed by atoms with Crippen molar-refractivity contribution in [2.45, 2.75) is 32.2 Å². The molecule has 1 aliphatic heterocycles. The van der Waals surface area contributed by atoms with E-state index >= 15 is 0 Å². The van der Waals surface area contributed by atoms with E-state index < -0.39 is 6.04 Å². The van der Waals surface area contributed by atoms with Gasteiger partial charge in [-0.2, -0.15) is 0 Å². The fourth-order valence-electron chi connectivity index (χ4n) is 2.46. The van der Waals surface area contributed by atoms with Crippen molar-refractivity contribution in [3.8, 4) is 0 Å². The second kappa shape index (κ2) is 9.82. The van der Waals surface area contributed by atoms with Crippen LogP contribution in [0.1, 0.15) is 35.9 Å². The summed E-state index contributed by atoms with van der Waals surface area (Å²) in [5, 5.41) is 10.8. The Morgan fingerprint density at radius 2 is 2.32 bits per heavy atom. The first kappa shape index (κ1) is 18.9. The van der Waals surface area contributed by atoms with Crippen molar-refractivity contribution in [2.24, 2.45) is 5.92 Å². The van der Waals surface area contributed by atoms with E-state index in [4.69, 9.17) is 0 Å². The molecule has 5 nitrogen and oxygen atoms in total. The van der Waals surface area contributed by atoms with Crippen molar-refractivity contribution in [1.82, 2.24) is 16.0 Å². The predicted molar refractivity (Wildman–Crippen MR) is 91.7 cm³/mol. The monoisotopic (exact) mass is 345 g/mol. The van der Waals surface area contributed by atoms with Crippen LogP contribution in [-0.2, 0) is 4.79 Å². The first-order chi connectivity index (χ1) is 10.2. The molecule has 1 saturated heterocycles. The van der Waals surface area contributed by atoms with Crippen molar-refractivity contribution in [3.63, 3.8) is 0 Å². The molecule has 0 bridgehead atoms. The number of carbonyl (C=O) groups excluding carboxylic acids is 2. The normalized spacial score (nSPS) is 18.9. The molecular formula is C15H24ClN3O2S. The van der Waals surface area contributed by atoms with E-state index in [-0.39, 0.29) is 24.2 Å². The van der Waals surface area contributed by atoms with Gasteiger partial charge in [-0.25, -0.2) is 0 Å². The number of hydrogen-bond acceptors (Lipinski definition) is 4. The molecule has 7 heteroatoms. The van der Waals surface area contributed by atoms with Gasteiger partial charge < -0.3 is 16.0 Å². The number of halogens is 1. The van der Waals surface area contributed by atoms with Gasteiger partial charge in [0.25, 0.3) is 5.91 Å². The molecule has 2 heterocycles. The van der Waals surface area contributed by atoms with Crippen molar-refractivity contribution < 1.29 is 9.59 Å². The molecule has 0 aromatic carbocycles. The van der Waals surface area contributed by atoms with E-state index in [0.29, 0.717) is 17.3 Å². The zero-order chi connectivity index (χ0) is 15.1. The van der Waals surface area contributed by atoms with Crippen LogP contribution in [0.3, 0.4) is 0 Å². The fourth-order valence-corrected chi connectivity index (χ4v) is 3.09. The van der Waals surface area contributed by atoms with Gasteiger partial charge in [-0.3, -0.25) is 9.59 Å². The molecule has 0 saturated carbocycles. The lowest BCUT2D eigenvalue weighted by atomic mass is 9.96. The lowest BCUT2D eigenvalue weighted by Gasteiger charge is -2.23. The Morgan fingerprint density at radius 3 is 2.95 bits per heavy atom. The molecule has 0 spiro atoms. The maximum Gasteiger partial charge on any atom is 0.261 e. The summed E-state index contributed by atoms with van der Waals surface area (Å²) in [6.45, 7) is 4.53. The minimum absolute atomic E-state index is 0. The smallest absolute Gasteiger partial charge is 0.261 e. The lowest BCUT2D eigenvalue weighted by Crippen LogP contribution is -2.45. The summed E-state index contributed by atoms with van der Waals surface area (Å²) >= 11 is 1.37. The summed E-state index contributed by atoms with van der Waals surface area (Å²) in [6, 6.07) is 3.06. The Bertz CT molecular complexity index is 461. The van der Waals surface area contributed by atoms with Crippen LogP contribution in [-0.4, -0.2) is 37.5 Å². The average Bonchev–Trinajstić information content (AvgIpc) is 3.02. The Hall–Kier alpha value is -1.11. The third-order valence-electron chi connectivity index (χ3n) is 3.74. The summed E-state index contributed by atoms with van der Waals surface area (Å²) in [4.78, 5) is 24.4. The number of thiophene rings is 1. The van der Waals surface area contributed by atoms with Gasteiger partial charge in [0.1, 0.15) is 6.04 Å². The minimum Gasteiger partial charge on any atom is -0.354 e. The Balaban J connectivity index is 0.00000242. The predicted octanol–water partition coefficient (Wildman–Crippen LogP) is 1.79. The third-order valence-corrected chi connectivity index (χ3v) is 4.61. The van der Waals surface area contributed by atoms with Crippen LogP contribution < -0.4 is 16.0 Å². The number of hydrogen-bond donors (Lipinski definition) is 3. The van der Waals surface area contributed by atoms with Crippen LogP contribution in [0.4, 0.5) is 0 Å². The van der Waals surface area contributed by atoms with Gasteiger partial charge in [-0.15, -0.1) is 23.7 Å². The molecule has 3 N–H and O–H groups in total. The van der Waals surface area contributed by atoms with Gasteiger partial charge in [-0.1, -0.05) is 6.07 Å². The Kier molecular flexibility index (Phi) is 8.45. The third kappa shape index (κ3) is 5.94. The number of carbonyl (C=O) groups is 2. The van der Waals surface area contributed by atoms with Gasteiger partial charge in [0.15, 0.2) is 0 Å². The topological polar surface area (TPSA) is 70.2 Å². The summed E-state index contributed by atoms with van der Waals surface area (Å²) in [5.74, 6) is 0.336. The molecule has 1 aromatic rings. The fraction of sp³-hybridized carbons (Fsp3) is 0.600. The summed E-state index contributed by atoms with van der Waals surface area (Å²) in [7, 11) is 0. The van der Waals surface area contributed by atoms with Crippen LogP contribution in [0.25, 0.3) is 0 Å². The standard InChI is InChI=1S/C15H23N3O2S.ClH/c1-11(18-15(20)13-5-3-9-21-13)14(19)17-8-6-12-4-2-7-16-10-12;/h3,5,9,11-12,16H,2,4,6-8,10H2,1H3,(H,17,19)(H,18,20);1H. The highest BCUT2D eigenvalue weighted by molar-refractivity contribution is 7.12. The molecule has 0 radical (unpaired) electrons. The first-order valence-corrected chi connectivity index (χ1v) is 8.37. The molecule has 1 aliphatic rings. The highest BCUT2D eigenvalue weighted by atomic mass is 35.5. The summed E-state index contributed by atoms with van der Waals surface area (Å²) < 4.78 is 0. The quantitative estimate of drug-likeness (QED) is 0.736. The van der Waals surface area contributed by atoms with E-state index in [1.165, 1.54) is 24.2 Å². The second-order valence-electron chi connectivity index (χ2n) is 5.46. The number of rotatable bonds is 6. The highest BCUT2D eigenvalue weighted by Crippen LogP contribution is 2.13. The molecule has 1 fully saturated rings. The van der Waals surface area contributed by atoms with Crippen LogP contribution in [0.15, 0.2) is 17.5 Å². The second-order valence-corrected chi connectivity index (χ2v) is 6.41. The lowest BCUT2D eigenvalue weighted by molar-refractivity contribution is -0.122. The molecule has 22 heavy (non-hydrogen) atoms. The summed E-state index contributed by atoms with van der Waals surface area (Å²) in [6.07, 6.45) is 3.43. The van der Waals surface area contributed by atoms with E-state index in [1.54, 1.807) is 13.0 Å². The SMILES string of the molecule is CC(NC(=O)c1cccs1)C(=O)NCCC1CCCNC1.Cl. The van der Waals surface area contributed by atoms with Gasteiger partial charge in [0, 0.05) is 6.54 Å². The largest absolute Gasteiger partial charge is 0.354 e. The molecular weight excluding hydrogens is 322 g/mol. The molecule has 1 aromatic heterocycles. The van der Waals surface area contributed by atoms with Crippen molar-refractivity contribution in [1.29, 1.82) is 0 Å². The number of nitrogens with one attached hydrogen (secondary N) is 3. The molecule has 124 valence electrons. The van der Waals surface area contributed by atoms with Crippen LogP contribution >= 0.6 is 23.7 Å². The Morgan fingerprint density at radius 1 is 1.50 bits per heavy atom. The molecule has 0 aliphatic carbocycles. The maximum atomic E-state index is 12.0. The molecule has 2 amide bonds. The number of piperidine rings is 1. The van der Waals surface area contributed by atoms with E-state index in [0.717, 1.165) is 19.5 Å². The van der Waals surface area contributed by atoms with E-state index in [2.05, 4.69) is 16.0 Å². The zero-order valence-electron chi connectivity index (χ0n) is 12.8. The van der Waals surface area contributed by atoms with Gasteiger partial charge >= 0.3 is 0 Å². The molecule has 2 atom stereocenters. The van der Waals surface area contributed by atoms with Crippen LogP contribution in [0.2, 0.25) is 0 Å². The van der Waals surface area contributed by atoms with E-state index in [9.17, 15) is 9.59 Å². The highest BCUT2D eigenvalue weighted by Gasteiger charge is 2.18. The first-order valence-electron chi connectivity index (χ1n) is 7.49. The van der Waals surface area contributed by atoms with E-state index in [1.807, 2.05) is 11.4 Å². The maximum absolute atomic E-state index is 12.0. The van der Waals surface area contributed by atoms with Crippen molar-refractivity contribution >= 4 is 35.6 Å². The van der Waals surface area contributed by atoms with Crippen molar-refractivity contribution in [2.75, 3.05) is 19.6 Å². The van der Waals surface area contributed by atoms with Gasteiger partial charge in [0.2, 0.25) is 5.91 Å². The van der Waals surface area contributed by atoms with Gasteiger partial charge in [-0.05, 0) is 56.6 Å².